The highest BCUT2D eigenvalue weighted by Gasteiger charge is 2.78. The molecule has 3 aliphatic carbocycles. The van der Waals surface area contributed by atoms with Gasteiger partial charge in [0.25, 0.3) is 5.91 Å². The van der Waals surface area contributed by atoms with E-state index in [1.54, 1.807) is 92.7 Å². The molecular formula is C49H53NO14. The fraction of sp³-hybridized carbons (Fsp3) is 0.429. The fourth-order valence-corrected chi connectivity index (χ4v) is 10.2. The van der Waals surface area contributed by atoms with Crippen molar-refractivity contribution in [2.45, 2.75) is 108 Å². The molecule has 4 N–H and O–H groups in total. The molecule has 2 saturated carbocycles. The van der Waals surface area contributed by atoms with Crippen LogP contribution in [0, 0.1) is 16.7 Å². The molecule has 338 valence electrons. The van der Waals surface area contributed by atoms with Crippen LogP contribution in [0.2, 0.25) is 0 Å². The lowest BCUT2D eigenvalue weighted by Crippen LogP contribution is -2.82. The van der Waals surface area contributed by atoms with Crippen LogP contribution in [-0.2, 0) is 42.9 Å². The Morgan fingerprint density at radius 3 is 1.98 bits per heavy atom. The van der Waals surface area contributed by atoms with Crippen molar-refractivity contribution in [1.82, 2.24) is 5.32 Å². The first kappa shape index (κ1) is 46.0. The van der Waals surface area contributed by atoms with Gasteiger partial charge in [0.2, 0.25) is 0 Å². The minimum absolute atomic E-state index is 0.0154. The highest BCUT2D eigenvalue weighted by molar-refractivity contribution is 5.96. The second kappa shape index (κ2) is 17.2. The standard InChI is InChI=1S/C49H53NO14/c1-26(2)43(56)64-48-25-60-34(48)23-33(52)47(7)39(48)41(63-44(57)31-21-15-10-16-22-31)49(59)24-32(27(3)35(46(49,5)6)38(40(47)54)61-28(4)51)62-45(58)37(53)36(29-17-11-8-12-18-29)50-42(55)30-19-13-9-14-20-30/h8-22,32-34,36-39,41,52-53,59H,1,23-25H2,2-7H3,(H,50,55)/t32-,33-,34+,36-,37+,38+,39-,41-,47+,48-,49+/m0/s1. The second-order valence-corrected chi connectivity index (χ2v) is 17.9. The lowest BCUT2D eigenvalue weighted by Gasteiger charge is -2.67. The van der Waals surface area contributed by atoms with Crippen LogP contribution in [0.15, 0.2) is 114 Å². The van der Waals surface area contributed by atoms with Crippen LogP contribution in [0.5, 0.6) is 0 Å². The van der Waals surface area contributed by atoms with Gasteiger partial charge in [-0.3, -0.25) is 14.4 Å². The van der Waals surface area contributed by atoms with E-state index >= 15 is 4.79 Å². The number of benzene rings is 3. The number of hydrogen-bond donors (Lipinski definition) is 4. The van der Waals surface area contributed by atoms with Gasteiger partial charge in [-0.25, -0.2) is 14.4 Å². The predicted molar refractivity (Wildman–Crippen MR) is 227 cm³/mol. The Hall–Kier alpha value is -6.00. The maximum atomic E-state index is 15.6. The number of Topliss-reactive ketones (excluding diaryl/α,β-unsaturated/α-hetero) is 1. The molecule has 7 rings (SSSR count). The molecule has 1 aliphatic heterocycles. The predicted octanol–water partition coefficient (Wildman–Crippen LogP) is 4.29. The summed E-state index contributed by atoms with van der Waals surface area (Å²) in [6.07, 6.45) is -10.7. The van der Waals surface area contributed by atoms with Gasteiger partial charge in [0, 0.05) is 36.3 Å². The Kier molecular flexibility index (Phi) is 12.4. The van der Waals surface area contributed by atoms with E-state index in [1.807, 2.05) is 0 Å². The largest absolute Gasteiger partial charge is 0.456 e. The number of aliphatic hydroxyl groups is 3. The van der Waals surface area contributed by atoms with Gasteiger partial charge in [0.1, 0.15) is 23.9 Å². The summed E-state index contributed by atoms with van der Waals surface area (Å²) >= 11 is 0. The molecule has 1 heterocycles. The van der Waals surface area contributed by atoms with E-state index in [0.717, 1.165) is 6.92 Å². The van der Waals surface area contributed by atoms with Crippen LogP contribution in [0.3, 0.4) is 0 Å². The van der Waals surface area contributed by atoms with Crippen LogP contribution in [0.1, 0.15) is 86.7 Å². The van der Waals surface area contributed by atoms with E-state index in [4.69, 9.17) is 23.7 Å². The summed E-state index contributed by atoms with van der Waals surface area (Å²) in [5.74, 6) is -7.05. The fourth-order valence-electron chi connectivity index (χ4n) is 10.2. The van der Waals surface area contributed by atoms with E-state index in [2.05, 4.69) is 11.9 Å². The minimum atomic E-state index is -2.42. The van der Waals surface area contributed by atoms with Crippen molar-refractivity contribution in [3.8, 4) is 0 Å². The average molecular weight is 880 g/mol. The lowest BCUT2D eigenvalue weighted by molar-refractivity contribution is -0.345. The number of ketones is 1. The van der Waals surface area contributed by atoms with Crippen molar-refractivity contribution >= 4 is 35.6 Å². The molecule has 11 atom stereocenters. The number of rotatable bonds is 11. The smallest absolute Gasteiger partial charge is 0.338 e. The molecule has 3 aromatic rings. The van der Waals surface area contributed by atoms with E-state index in [1.165, 1.54) is 32.9 Å². The van der Waals surface area contributed by atoms with Gasteiger partial charge in [0.05, 0.1) is 35.6 Å². The van der Waals surface area contributed by atoms with E-state index in [-0.39, 0.29) is 40.9 Å². The summed E-state index contributed by atoms with van der Waals surface area (Å²) in [6.45, 7) is 11.9. The molecule has 2 bridgehead atoms. The SMILES string of the molecule is C=C(C)C(=O)O[C@@]12CO[C@@H]1C[C@H](O)[C@@]1(C)C(=O)[C@H](OC(C)=O)C3=C(C)[C@@H](OC(=O)[C@H](O)[C@@H](NC(=O)c4ccccc4)c4ccccc4)C[C@@](O)([C@@H](OC(=O)c4ccccc4)[C@H]21)C3(C)C. The number of amides is 1. The monoisotopic (exact) mass is 879 g/mol. The summed E-state index contributed by atoms with van der Waals surface area (Å²) < 4.78 is 30.6. The van der Waals surface area contributed by atoms with Crippen molar-refractivity contribution in [2.75, 3.05) is 6.61 Å². The number of ether oxygens (including phenoxy) is 5. The topological polar surface area (TPSA) is 221 Å². The lowest BCUT2D eigenvalue weighted by atomic mass is 9.44. The summed E-state index contributed by atoms with van der Waals surface area (Å²) in [5.41, 5.74) is -7.26. The molecule has 3 aromatic carbocycles. The van der Waals surface area contributed by atoms with Crippen LogP contribution < -0.4 is 5.32 Å². The Morgan fingerprint density at radius 1 is 0.859 bits per heavy atom. The van der Waals surface area contributed by atoms with Crippen LogP contribution in [0.25, 0.3) is 0 Å². The highest BCUT2D eigenvalue weighted by atomic mass is 16.6. The summed E-state index contributed by atoms with van der Waals surface area (Å²) in [6, 6.07) is 22.9. The molecule has 4 aliphatic rings. The molecule has 1 saturated heterocycles. The van der Waals surface area contributed by atoms with Crippen molar-refractivity contribution in [2.24, 2.45) is 16.7 Å². The van der Waals surface area contributed by atoms with Gasteiger partial charge >= 0.3 is 23.9 Å². The van der Waals surface area contributed by atoms with Crippen molar-refractivity contribution in [3.05, 3.63) is 131 Å². The summed E-state index contributed by atoms with van der Waals surface area (Å²) in [7, 11) is 0. The van der Waals surface area contributed by atoms with Gasteiger partial charge < -0.3 is 44.3 Å². The number of aliphatic hydroxyl groups excluding tert-OH is 2. The Bertz CT molecular complexity index is 2380. The first-order valence-electron chi connectivity index (χ1n) is 21.1. The second-order valence-electron chi connectivity index (χ2n) is 17.9. The maximum Gasteiger partial charge on any atom is 0.338 e. The van der Waals surface area contributed by atoms with Gasteiger partial charge in [-0.15, -0.1) is 0 Å². The Labute approximate surface area is 370 Å². The van der Waals surface area contributed by atoms with Gasteiger partial charge in [0.15, 0.2) is 23.6 Å². The number of hydrogen-bond acceptors (Lipinski definition) is 14. The number of fused-ring (bicyclic) bond motifs is 5. The average Bonchev–Trinajstić information content (AvgIpc) is 3.26. The Balaban J connectivity index is 1.40. The zero-order valence-electron chi connectivity index (χ0n) is 36.4. The number of nitrogens with one attached hydrogen (secondary N) is 1. The molecule has 15 heteroatoms. The Morgan fingerprint density at radius 2 is 1.44 bits per heavy atom. The molecule has 0 aromatic heterocycles. The third kappa shape index (κ3) is 7.63. The molecule has 1 amide bonds. The quantitative estimate of drug-likeness (QED) is 0.0914. The first-order chi connectivity index (χ1) is 30.2. The number of carbonyl (C=O) groups excluding carboxylic acids is 6. The van der Waals surface area contributed by atoms with E-state index < -0.39 is 113 Å². The van der Waals surface area contributed by atoms with Crippen LogP contribution in [-0.4, -0.2) is 105 Å². The van der Waals surface area contributed by atoms with Crippen molar-refractivity contribution in [1.29, 1.82) is 0 Å². The molecule has 3 fully saturated rings. The van der Waals surface area contributed by atoms with Crippen LogP contribution in [0.4, 0.5) is 0 Å². The molecule has 0 spiro atoms. The zero-order valence-corrected chi connectivity index (χ0v) is 36.4. The first-order valence-corrected chi connectivity index (χ1v) is 21.1. The third-order valence-electron chi connectivity index (χ3n) is 13.8. The van der Waals surface area contributed by atoms with Gasteiger partial charge in [-0.2, -0.15) is 0 Å². The van der Waals surface area contributed by atoms with Crippen molar-refractivity contribution in [3.63, 3.8) is 0 Å². The summed E-state index contributed by atoms with van der Waals surface area (Å²) in [5, 5.41) is 40.5. The van der Waals surface area contributed by atoms with E-state index in [9.17, 15) is 39.3 Å². The van der Waals surface area contributed by atoms with Gasteiger partial charge in [-0.05, 0) is 61.7 Å². The minimum Gasteiger partial charge on any atom is -0.456 e. The maximum absolute atomic E-state index is 15.6. The molecule has 0 radical (unpaired) electrons. The molecule has 15 nitrogen and oxygen atoms in total. The van der Waals surface area contributed by atoms with Crippen molar-refractivity contribution < 1.29 is 67.8 Å². The van der Waals surface area contributed by atoms with Crippen LogP contribution >= 0.6 is 0 Å². The normalized spacial score (nSPS) is 31.2. The third-order valence-corrected chi connectivity index (χ3v) is 13.8. The van der Waals surface area contributed by atoms with Gasteiger partial charge in [-0.1, -0.05) is 87.2 Å². The molecular weight excluding hydrogens is 827 g/mol. The zero-order chi connectivity index (χ0) is 46.5. The number of carbonyl (C=O) groups is 6. The van der Waals surface area contributed by atoms with E-state index in [0.29, 0.717) is 5.56 Å². The summed E-state index contributed by atoms with van der Waals surface area (Å²) in [4.78, 5) is 84.4. The number of esters is 4. The molecule has 64 heavy (non-hydrogen) atoms. The highest BCUT2D eigenvalue weighted by Crippen LogP contribution is 2.64. The molecule has 0 unspecified atom stereocenters.